The molecule has 3 saturated heterocycles. The monoisotopic (exact) mass is 453 g/mol. The lowest BCUT2D eigenvalue weighted by Crippen LogP contribution is -2.71. The van der Waals surface area contributed by atoms with Gasteiger partial charge in [0.05, 0.1) is 11.1 Å². The second-order valence-electron chi connectivity index (χ2n) is 8.37. The quantitative estimate of drug-likeness (QED) is 0.119. The number of nitrogens with one attached hydrogen (secondary N) is 9. The van der Waals surface area contributed by atoms with Crippen LogP contribution in [0.3, 0.4) is 0 Å². The number of hydrogen-bond acceptors (Lipinski definition) is 8. The van der Waals surface area contributed by atoms with Crippen molar-refractivity contribution in [3.05, 3.63) is 0 Å². The lowest BCUT2D eigenvalue weighted by molar-refractivity contribution is -0.120. The normalized spacial score (nSPS) is 27.9. The molecule has 0 atom stereocenters. The first kappa shape index (κ1) is 25.7. The molecule has 176 valence electrons. The first-order valence-corrected chi connectivity index (χ1v) is 11.4. The van der Waals surface area contributed by atoms with Crippen LogP contribution < -0.4 is 47.9 Å². The average Bonchev–Trinajstić information content (AvgIpc) is 2.70. The zero-order valence-corrected chi connectivity index (χ0v) is 19.4. The minimum Gasteiger partial charge on any atom is -0.363 e. The Kier molecular flexibility index (Phi) is 11.5. The van der Waals surface area contributed by atoms with Crippen molar-refractivity contribution in [2.75, 3.05) is 65.8 Å². The number of thiocarbonyl (C=S) groups is 1. The fraction of sp³-hybridized carbons (Fsp3) is 0.800. The zero-order chi connectivity index (χ0) is 22.4. The summed E-state index contributed by atoms with van der Waals surface area (Å²) in [5.74, 6) is 2.63. The van der Waals surface area contributed by atoms with Gasteiger partial charge in [0.15, 0.2) is 5.11 Å². The summed E-state index contributed by atoms with van der Waals surface area (Å²) in [6.45, 7) is 8.23. The summed E-state index contributed by atoms with van der Waals surface area (Å²) in [5.41, 5.74) is -0.740. The number of rotatable bonds is 6. The minimum absolute atomic E-state index is 0.0398. The van der Waals surface area contributed by atoms with Crippen molar-refractivity contribution in [1.29, 1.82) is 0 Å². The molecule has 3 rings (SSSR count). The summed E-state index contributed by atoms with van der Waals surface area (Å²) < 4.78 is 0. The van der Waals surface area contributed by atoms with E-state index in [1.54, 1.807) is 6.92 Å². The molecule has 0 unspecified atom stereocenters. The summed E-state index contributed by atoms with van der Waals surface area (Å²) in [7, 11) is 0. The molecule has 0 spiro atoms. The Balaban J connectivity index is 2.02. The fourth-order valence-corrected chi connectivity index (χ4v) is 4.25. The number of carbonyl (C=O) groups excluding carboxylic acids is 1. The van der Waals surface area contributed by atoms with Crippen molar-refractivity contribution in [2.24, 2.45) is 0 Å². The molecule has 0 aromatic carbocycles. The highest BCUT2D eigenvalue weighted by Gasteiger charge is 2.34. The molecule has 3 fully saturated rings. The maximum atomic E-state index is 11.8. The van der Waals surface area contributed by atoms with Crippen LogP contribution in [0.2, 0.25) is 0 Å². The van der Waals surface area contributed by atoms with Gasteiger partial charge in [0.2, 0.25) is 5.91 Å². The van der Waals surface area contributed by atoms with Gasteiger partial charge in [-0.25, -0.2) is 0 Å². The fourth-order valence-electron chi connectivity index (χ4n) is 3.93. The number of hydrogen-bond donors (Lipinski definition) is 9. The molecule has 0 aromatic heterocycles. The predicted molar refractivity (Wildman–Crippen MR) is 128 cm³/mol. The van der Waals surface area contributed by atoms with E-state index in [0.717, 1.165) is 25.8 Å². The van der Waals surface area contributed by atoms with E-state index in [-0.39, 0.29) is 11.4 Å². The van der Waals surface area contributed by atoms with Crippen LogP contribution in [0.4, 0.5) is 0 Å². The van der Waals surface area contributed by atoms with Gasteiger partial charge >= 0.3 is 0 Å². The molecule has 9 N–H and O–H groups in total. The van der Waals surface area contributed by atoms with Gasteiger partial charge in [-0.1, -0.05) is 0 Å². The van der Waals surface area contributed by atoms with Gasteiger partial charge < -0.3 is 47.9 Å². The summed E-state index contributed by atoms with van der Waals surface area (Å²) in [6, 6.07) is 0. The molecule has 11 heteroatoms. The maximum Gasteiger partial charge on any atom is 0.217 e. The van der Waals surface area contributed by atoms with Crippen molar-refractivity contribution in [3.63, 3.8) is 0 Å². The molecule has 2 bridgehead atoms. The van der Waals surface area contributed by atoms with E-state index >= 15 is 0 Å². The largest absolute Gasteiger partial charge is 0.363 e. The van der Waals surface area contributed by atoms with Crippen LogP contribution >= 0.6 is 12.2 Å². The van der Waals surface area contributed by atoms with E-state index in [4.69, 9.17) is 18.6 Å². The molecule has 0 radical (unpaired) electrons. The van der Waals surface area contributed by atoms with Crippen LogP contribution in [0.15, 0.2) is 0 Å². The minimum atomic E-state index is -0.421. The molecule has 0 aromatic rings. The first-order chi connectivity index (χ1) is 15.0. The average molecular weight is 454 g/mol. The van der Waals surface area contributed by atoms with E-state index in [9.17, 15) is 4.79 Å². The Bertz CT molecular complexity index is 571. The number of fused-ring (bicyclic) bond motifs is 12. The number of amides is 1. The third-order valence-corrected chi connectivity index (χ3v) is 5.63. The summed E-state index contributed by atoms with van der Waals surface area (Å²) in [5, 5.41) is 31.4. The molecule has 0 saturated carbocycles. The predicted octanol–water partition coefficient (Wildman–Crippen LogP) is -2.69. The molecule has 3 aliphatic rings. The summed E-state index contributed by atoms with van der Waals surface area (Å²) in [6.07, 6.45) is 8.08. The maximum absolute atomic E-state index is 11.8. The molecular weight excluding hydrogens is 414 g/mol. The molecular formula is C20H39N9OS. The standard InChI is InChI=1S/C20H39N9OS/c1-3-4-5-6-7-27-18(31)29-20-11-24-14-21-8-19(28-17(2)30,9-22-15-25-12-20)10-23-16-26-13-20/h1,21-26H,4-16H2,2H3,(H,28,30)(H2,27,29,31). The smallest absolute Gasteiger partial charge is 0.217 e. The van der Waals surface area contributed by atoms with Gasteiger partial charge in [-0.15, -0.1) is 12.3 Å². The van der Waals surface area contributed by atoms with Crippen LogP contribution in [-0.2, 0) is 4.79 Å². The Morgan fingerprint density at radius 2 is 1.32 bits per heavy atom. The highest BCUT2D eigenvalue weighted by Crippen LogP contribution is 2.06. The van der Waals surface area contributed by atoms with Gasteiger partial charge in [0.25, 0.3) is 0 Å². The van der Waals surface area contributed by atoms with Crippen LogP contribution in [0.25, 0.3) is 0 Å². The van der Waals surface area contributed by atoms with Gasteiger partial charge in [-0.05, 0) is 25.1 Å². The molecule has 3 heterocycles. The van der Waals surface area contributed by atoms with E-state index in [1.165, 1.54) is 0 Å². The van der Waals surface area contributed by atoms with E-state index in [0.29, 0.717) is 64.4 Å². The topological polar surface area (TPSA) is 125 Å². The number of carbonyl (C=O) groups is 1. The lowest BCUT2D eigenvalue weighted by Gasteiger charge is -2.40. The highest BCUT2D eigenvalue weighted by molar-refractivity contribution is 7.80. The van der Waals surface area contributed by atoms with Crippen molar-refractivity contribution >= 4 is 23.2 Å². The van der Waals surface area contributed by atoms with Gasteiger partial charge in [0, 0.05) is 79.2 Å². The zero-order valence-electron chi connectivity index (χ0n) is 18.6. The molecule has 10 nitrogen and oxygen atoms in total. The molecule has 31 heavy (non-hydrogen) atoms. The number of terminal acetylenes is 1. The third-order valence-electron chi connectivity index (χ3n) is 5.38. The van der Waals surface area contributed by atoms with Crippen LogP contribution in [0.5, 0.6) is 0 Å². The lowest BCUT2D eigenvalue weighted by atomic mass is 9.97. The van der Waals surface area contributed by atoms with Crippen molar-refractivity contribution in [1.82, 2.24) is 47.9 Å². The van der Waals surface area contributed by atoms with Gasteiger partial charge in [-0.2, -0.15) is 0 Å². The first-order valence-electron chi connectivity index (χ1n) is 11.0. The summed E-state index contributed by atoms with van der Waals surface area (Å²) in [4.78, 5) is 11.8. The van der Waals surface area contributed by atoms with Gasteiger partial charge in [-0.3, -0.25) is 4.79 Å². The molecule has 3 aliphatic heterocycles. The van der Waals surface area contributed by atoms with Crippen molar-refractivity contribution in [3.8, 4) is 12.3 Å². The third kappa shape index (κ3) is 9.65. The van der Waals surface area contributed by atoms with Crippen molar-refractivity contribution in [2.45, 2.75) is 37.3 Å². The highest BCUT2D eigenvalue weighted by atomic mass is 32.1. The second kappa shape index (κ2) is 13.8. The Labute approximate surface area is 191 Å². The van der Waals surface area contributed by atoms with Crippen molar-refractivity contribution < 1.29 is 4.79 Å². The van der Waals surface area contributed by atoms with Gasteiger partial charge in [0.1, 0.15) is 0 Å². The van der Waals surface area contributed by atoms with Crippen LogP contribution in [-0.4, -0.2) is 87.9 Å². The molecule has 1 amide bonds. The molecule has 0 aliphatic carbocycles. The van der Waals surface area contributed by atoms with E-state index in [2.05, 4.69) is 53.8 Å². The van der Waals surface area contributed by atoms with Crippen LogP contribution in [0.1, 0.15) is 26.2 Å². The van der Waals surface area contributed by atoms with E-state index < -0.39 is 5.54 Å². The second-order valence-corrected chi connectivity index (χ2v) is 8.78. The Morgan fingerprint density at radius 3 is 1.74 bits per heavy atom. The van der Waals surface area contributed by atoms with Crippen LogP contribution in [0, 0.1) is 12.3 Å². The SMILES string of the molecule is C#CCCCCNC(=S)NC12CNCNCC(NC(C)=O)(CNCNC1)CNCNC2. The van der Waals surface area contributed by atoms with E-state index in [1.807, 2.05) is 0 Å². The number of unbranched alkanes of at least 4 members (excludes halogenated alkanes) is 2. The Hall–Kier alpha value is -1.52. The Morgan fingerprint density at radius 1 is 0.871 bits per heavy atom. The summed E-state index contributed by atoms with van der Waals surface area (Å²) >= 11 is 5.58.